The number of rotatable bonds is 6. The Morgan fingerprint density at radius 3 is 2.72 bits per heavy atom. The minimum Gasteiger partial charge on any atom is -0.497 e. The number of nitrogens with zero attached hydrogens (tertiary/aromatic N) is 2. The smallest absolute Gasteiger partial charge is 0.188 e. The lowest BCUT2D eigenvalue weighted by molar-refractivity contribution is 0.251. The second-order valence-electron chi connectivity index (χ2n) is 7.24. The van der Waals surface area contributed by atoms with Crippen molar-refractivity contribution >= 4 is 5.96 Å². The molecule has 5 nitrogen and oxygen atoms in total. The van der Waals surface area contributed by atoms with Gasteiger partial charge in [-0.05, 0) is 56.5 Å². The highest BCUT2D eigenvalue weighted by Crippen LogP contribution is 2.28. The zero-order chi connectivity index (χ0) is 17.5. The lowest BCUT2D eigenvalue weighted by Gasteiger charge is -2.27. The van der Waals surface area contributed by atoms with Gasteiger partial charge in [-0.2, -0.15) is 0 Å². The maximum absolute atomic E-state index is 6.18. The third kappa shape index (κ3) is 5.11. The van der Waals surface area contributed by atoms with Crippen molar-refractivity contribution in [3.63, 3.8) is 0 Å². The van der Waals surface area contributed by atoms with Crippen molar-refractivity contribution in [1.82, 2.24) is 10.2 Å². The Balaban J connectivity index is 1.67. The van der Waals surface area contributed by atoms with Crippen LogP contribution in [0.5, 0.6) is 5.75 Å². The normalized spacial score (nSPS) is 21.2. The molecule has 0 bridgehead atoms. The molecule has 3 N–H and O–H groups in total. The summed E-state index contributed by atoms with van der Waals surface area (Å²) in [6.45, 7) is 2.96. The van der Waals surface area contributed by atoms with Crippen molar-refractivity contribution in [3.8, 4) is 5.75 Å². The number of nitrogens with two attached hydrogens (primary N) is 1. The van der Waals surface area contributed by atoms with E-state index in [1.165, 1.54) is 50.5 Å². The Labute approximate surface area is 151 Å². The molecule has 2 fully saturated rings. The van der Waals surface area contributed by atoms with Crippen molar-refractivity contribution in [2.45, 2.75) is 57.0 Å². The first kappa shape index (κ1) is 18.1. The van der Waals surface area contributed by atoms with E-state index in [2.05, 4.69) is 28.4 Å². The Hall–Kier alpha value is -1.75. The molecule has 1 aliphatic carbocycles. The summed E-state index contributed by atoms with van der Waals surface area (Å²) in [6.07, 6.45) is 8.89. The first-order valence-corrected chi connectivity index (χ1v) is 9.70. The van der Waals surface area contributed by atoms with Crippen molar-refractivity contribution in [1.29, 1.82) is 0 Å². The van der Waals surface area contributed by atoms with Crippen molar-refractivity contribution in [2.24, 2.45) is 10.7 Å². The number of aliphatic imine (C=N–C) groups is 1. The third-order valence-electron chi connectivity index (χ3n) is 5.45. The molecule has 1 saturated heterocycles. The molecule has 0 spiro atoms. The summed E-state index contributed by atoms with van der Waals surface area (Å²) in [5.74, 6) is 1.50. The van der Waals surface area contributed by atoms with Gasteiger partial charge in [0.05, 0.1) is 19.7 Å². The van der Waals surface area contributed by atoms with E-state index in [0.29, 0.717) is 18.5 Å². The average Bonchev–Trinajstić information content (AvgIpc) is 3.17. The second-order valence-corrected chi connectivity index (χ2v) is 7.24. The van der Waals surface area contributed by atoms with Gasteiger partial charge in [0.25, 0.3) is 0 Å². The Kier molecular flexibility index (Phi) is 6.56. The molecule has 1 heterocycles. The lowest BCUT2D eigenvalue weighted by atomic mass is 9.96. The molecule has 0 radical (unpaired) electrons. The predicted molar refractivity (Wildman–Crippen MR) is 103 cm³/mol. The van der Waals surface area contributed by atoms with Crippen LogP contribution in [0.3, 0.4) is 0 Å². The molecular formula is C20H32N4O. The summed E-state index contributed by atoms with van der Waals surface area (Å²) < 4.78 is 5.40. The minimum absolute atomic E-state index is 0.268. The summed E-state index contributed by atoms with van der Waals surface area (Å²) in [6, 6.07) is 9.12. The number of methoxy groups -OCH3 is 1. The van der Waals surface area contributed by atoms with Crippen LogP contribution in [-0.4, -0.2) is 43.6 Å². The van der Waals surface area contributed by atoms with Crippen LogP contribution in [0.1, 0.15) is 56.6 Å². The molecule has 138 valence electrons. The topological polar surface area (TPSA) is 62.9 Å². The van der Waals surface area contributed by atoms with Crippen LogP contribution in [0.4, 0.5) is 0 Å². The number of likely N-dealkylation sites (tertiary alicyclic amines) is 1. The van der Waals surface area contributed by atoms with Crippen molar-refractivity contribution in [2.75, 3.05) is 26.7 Å². The zero-order valence-electron chi connectivity index (χ0n) is 15.4. The molecule has 1 saturated carbocycles. The molecule has 3 rings (SSSR count). The van der Waals surface area contributed by atoms with Crippen LogP contribution in [0, 0.1) is 0 Å². The maximum Gasteiger partial charge on any atom is 0.188 e. The van der Waals surface area contributed by atoms with Crippen LogP contribution in [0.15, 0.2) is 29.3 Å². The van der Waals surface area contributed by atoms with E-state index in [1.54, 1.807) is 7.11 Å². The van der Waals surface area contributed by atoms with Crippen LogP contribution in [0.25, 0.3) is 0 Å². The van der Waals surface area contributed by atoms with Crippen LogP contribution >= 0.6 is 0 Å². The molecule has 1 aliphatic heterocycles. The monoisotopic (exact) mass is 344 g/mol. The fourth-order valence-electron chi connectivity index (χ4n) is 4.02. The Morgan fingerprint density at radius 1 is 1.24 bits per heavy atom. The first-order valence-electron chi connectivity index (χ1n) is 9.70. The molecule has 1 unspecified atom stereocenters. The molecular weight excluding hydrogens is 312 g/mol. The number of ether oxygens (including phenoxy) is 1. The van der Waals surface area contributed by atoms with Crippen LogP contribution in [0.2, 0.25) is 0 Å². The van der Waals surface area contributed by atoms with E-state index in [-0.39, 0.29) is 6.04 Å². The van der Waals surface area contributed by atoms with E-state index in [9.17, 15) is 0 Å². The predicted octanol–water partition coefficient (Wildman–Crippen LogP) is 3.07. The zero-order valence-corrected chi connectivity index (χ0v) is 15.4. The van der Waals surface area contributed by atoms with E-state index >= 15 is 0 Å². The quantitative estimate of drug-likeness (QED) is 0.615. The molecule has 0 amide bonds. The average molecular weight is 345 g/mol. The number of hydrogen-bond acceptors (Lipinski definition) is 3. The fourth-order valence-corrected chi connectivity index (χ4v) is 4.02. The fraction of sp³-hybridized carbons (Fsp3) is 0.650. The minimum atomic E-state index is 0.268. The van der Waals surface area contributed by atoms with Gasteiger partial charge in [-0.3, -0.25) is 9.89 Å². The maximum atomic E-state index is 6.18. The van der Waals surface area contributed by atoms with E-state index in [4.69, 9.17) is 15.5 Å². The van der Waals surface area contributed by atoms with Gasteiger partial charge < -0.3 is 15.8 Å². The lowest BCUT2D eigenvalue weighted by Crippen LogP contribution is -2.41. The second kappa shape index (κ2) is 9.09. The summed E-state index contributed by atoms with van der Waals surface area (Å²) in [4.78, 5) is 7.22. The number of guanidine groups is 1. The summed E-state index contributed by atoms with van der Waals surface area (Å²) in [7, 11) is 1.72. The van der Waals surface area contributed by atoms with Gasteiger partial charge in [0.15, 0.2) is 5.96 Å². The van der Waals surface area contributed by atoms with E-state index < -0.39 is 0 Å². The molecule has 2 aliphatic rings. The van der Waals surface area contributed by atoms with Gasteiger partial charge in [-0.15, -0.1) is 0 Å². The summed E-state index contributed by atoms with van der Waals surface area (Å²) in [5, 5.41) is 3.42. The van der Waals surface area contributed by atoms with Crippen LogP contribution in [-0.2, 0) is 0 Å². The number of hydrogen-bond donors (Lipinski definition) is 2. The third-order valence-corrected chi connectivity index (χ3v) is 5.45. The van der Waals surface area contributed by atoms with Gasteiger partial charge in [-0.25, -0.2) is 0 Å². The molecule has 5 heteroatoms. The SMILES string of the molecule is COc1cccc(C(CN=C(N)NC2CCCCC2)N2CCCC2)c1. The summed E-state index contributed by atoms with van der Waals surface area (Å²) in [5.41, 5.74) is 7.44. The van der Waals surface area contributed by atoms with Crippen LogP contribution < -0.4 is 15.8 Å². The van der Waals surface area contributed by atoms with E-state index in [0.717, 1.165) is 18.8 Å². The molecule has 1 aromatic rings. The Bertz CT molecular complexity index is 563. The van der Waals surface area contributed by atoms with Gasteiger partial charge in [0.2, 0.25) is 0 Å². The Morgan fingerprint density at radius 2 is 2.00 bits per heavy atom. The van der Waals surface area contributed by atoms with Crippen molar-refractivity contribution < 1.29 is 4.74 Å². The molecule has 1 atom stereocenters. The highest BCUT2D eigenvalue weighted by atomic mass is 16.5. The molecule has 25 heavy (non-hydrogen) atoms. The largest absolute Gasteiger partial charge is 0.497 e. The molecule has 1 aromatic carbocycles. The highest BCUT2D eigenvalue weighted by molar-refractivity contribution is 5.78. The number of benzene rings is 1. The van der Waals surface area contributed by atoms with Crippen molar-refractivity contribution in [3.05, 3.63) is 29.8 Å². The van der Waals surface area contributed by atoms with Gasteiger partial charge in [0.1, 0.15) is 5.75 Å². The van der Waals surface area contributed by atoms with Gasteiger partial charge in [0, 0.05) is 6.04 Å². The number of nitrogens with one attached hydrogen (secondary N) is 1. The first-order chi connectivity index (χ1) is 12.3. The summed E-state index contributed by atoms with van der Waals surface area (Å²) >= 11 is 0. The van der Waals surface area contributed by atoms with Gasteiger partial charge >= 0.3 is 0 Å². The highest BCUT2D eigenvalue weighted by Gasteiger charge is 2.24. The standard InChI is InChI=1S/C20H32N4O/c1-25-18-11-7-8-16(14-18)19(24-12-5-6-13-24)15-22-20(21)23-17-9-3-2-4-10-17/h7-8,11,14,17,19H,2-6,9-10,12-13,15H2,1H3,(H3,21,22,23). The van der Waals surface area contributed by atoms with E-state index in [1.807, 2.05) is 6.07 Å². The molecule has 0 aromatic heterocycles. The van der Waals surface area contributed by atoms with Gasteiger partial charge in [-0.1, -0.05) is 31.4 Å².